The largest absolute Gasteiger partial charge is 0.393 e. The van der Waals surface area contributed by atoms with Crippen LogP contribution in [0, 0.1) is 17.8 Å². The zero-order chi connectivity index (χ0) is 16.4. The van der Waals surface area contributed by atoms with Gasteiger partial charge in [0.1, 0.15) is 0 Å². The van der Waals surface area contributed by atoms with Crippen LogP contribution in [-0.2, 0) is 0 Å². The van der Waals surface area contributed by atoms with Crippen molar-refractivity contribution in [3.63, 3.8) is 0 Å². The molecule has 0 aromatic carbocycles. The smallest absolute Gasteiger partial charge is 0.0564 e. The molecule has 138 valence electrons. The lowest BCUT2D eigenvalue weighted by Gasteiger charge is -2.46. The van der Waals surface area contributed by atoms with Crippen LogP contribution in [0.1, 0.15) is 70.6 Å². The number of rotatable bonds is 3. The maximum Gasteiger partial charge on any atom is 0.0564 e. The molecule has 0 radical (unpaired) electrons. The summed E-state index contributed by atoms with van der Waals surface area (Å²) in [5.74, 6) is 3.06. The number of piperidine rings is 2. The summed E-state index contributed by atoms with van der Waals surface area (Å²) in [5, 5.41) is 9.66. The standard InChI is InChI=1S/C21H38N2O/c24-21-9-11-22(12-10-21)16-17-7-13-23(14-8-17)20-6-5-18-3-1-2-4-19(18)15-20/h17-21,24H,1-16H2. The molecule has 0 bridgehead atoms. The second-order valence-corrected chi connectivity index (χ2v) is 9.28. The van der Waals surface area contributed by atoms with Gasteiger partial charge in [-0.25, -0.2) is 0 Å². The van der Waals surface area contributed by atoms with Crippen molar-refractivity contribution < 1.29 is 5.11 Å². The third-order valence-corrected chi connectivity index (χ3v) is 7.75. The van der Waals surface area contributed by atoms with Gasteiger partial charge >= 0.3 is 0 Å². The predicted octanol–water partition coefficient (Wildman–Crippen LogP) is 3.51. The number of hydrogen-bond donors (Lipinski definition) is 1. The van der Waals surface area contributed by atoms with E-state index in [1.54, 1.807) is 0 Å². The van der Waals surface area contributed by atoms with E-state index in [9.17, 15) is 5.11 Å². The molecule has 3 nitrogen and oxygen atoms in total. The second-order valence-electron chi connectivity index (χ2n) is 9.28. The van der Waals surface area contributed by atoms with Gasteiger partial charge in [0.15, 0.2) is 0 Å². The van der Waals surface area contributed by atoms with E-state index in [0.29, 0.717) is 0 Å². The molecule has 2 aliphatic heterocycles. The van der Waals surface area contributed by atoms with Crippen molar-refractivity contribution in [1.29, 1.82) is 0 Å². The van der Waals surface area contributed by atoms with Gasteiger partial charge in [-0.1, -0.05) is 25.7 Å². The highest BCUT2D eigenvalue weighted by Crippen LogP contribution is 2.42. The van der Waals surface area contributed by atoms with E-state index in [-0.39, 0.29) is 6.10 Å². The number of aliphatic hydroxyl groups excluding tert-OH is 1. The van der Waals surface area contributed by atoms with Gasteiger partial charge in [-0.15, -0.1) is 0 Å². The van der Waals surface area contributed by atoms with Gasteiger partial charge in [0, 0.05) is 25.7 Å². The summed E-state index contributed by atoms with van der Waals surface area (Å²) in [4.78, 5) is 5.47. The van der Waals surface area contributed by atoms with Crippen molar-refractivity contribution in [2.45, 2.75) is 82.8 Å². The summed E-state index contributed by atoms with van der Waals surface area (Å²) in [6, 6.07) is 0.912. The van der Waals surface area contributed by atoms with Gasteiger partial charge in [-0.3, -0.25) is 0 Å². The summed E-state index contributed by atoms with van der Waals surface area (Å²) >= 11 is 0. The molecule has 3 unspecified atom stereocenters. The van der Waals surface area contributed by atoms with E-state index in [4.69, 9.17) is 0 Å². The third kappa shape index (κ3) is 4.16. The van der Waals surface area contributed by atoms with Gasteiger partial charge < -0.3 is 14.9 Å². The van der Waals surface area contributed by atoms with Gasteiger partial charge in [-0.05, 0) is 75.8 Å². The fraction of sp³-hybridized carbons (Fsp3) is 1.00. The lowest BCUT2D eigenvalue weighted by Crippen LogP contribution is -2.47. The van der Waals surface area contributed by atoms with Crippen LogP contribution in [0.3, 0.4) is 0 Å². The normalized spacial score (nSPS) is 38.1. The zero-order valence-corrected chi connectivity index (χ0v) is 15.5. The summed E-state index contributed by atoms with van der Waals surface area (Å²) in [6.45, 7) is 6.22. The number of nitrogens with zero attached hydrogens (tertiary/aromatic N) is 2. The molecule has 0 aromatic rings. The van der Waals surface area contributed by atoms with Crippen molar-refractivity contribution >= 4 is 0 Å². The monoisotopic (exact) mass is 334 g/mol. The maximum atomic E-state index is 9.66. The molecule has 2 saturated carbocycles. The van der Waals surface area contributed by atoms with E-state index in [1.807, 2.05) is 0 Å². The molecular weight excluding hydrogens is 296 g/mol. The SMILES string of the molecule is OC1CCN(CC2CCN(C3CCC4CCCCC4C3)CC2)CC1. The average Bonchev–Trinajstić information content (AvgIpc) is 2.64. The Balaban J connectivity index is 1.20. The van der Waals surface area contributed by atoms with Crippen LogP contribution in [0.15, 0.2) is 0 Å². The summed E-state index contributed by atoms with van der Waals surface area (Å²) < 4.78 is 0. The molecule has 3 heteroatoms. The molecule has 0 spiro atoms. The van der Waals surface area contributed by atoms with E-state index in [0.717, 1.165) is 49.7 Å². The summed E-state index contributed by atoms with van der Waals surface area (Å²) in [5.41, 5.74) is 0. The quantitative estimate of drug-likeness (QED) is 0.855. The fourth-order valence-corrected chi connectivity index (χ4v) is 6.15. The van der Waals surface area contributed by atoms with Gasteiger partial charge in [0.05, 0.1) is 6.10 Å². The van der Waals surface area contributed by atoms with E-state index in [1.165, 1.54) is 77.4 Å². The Bertz CT molecular complexity index is 385. The Morgan fingerprint density at radius 3 is 2.17 bits per heavy atom. The Morgan fingerprint density at radius 1 is 0.708 bits per heavy atom. The predicted molar refractivity (Wildman–Crippen MR) is 99.1 cm³/mol. The van der Waals surface area contributed by atoms with Gasteiger partial charge in [0.25, 0.3) is 0 Å². The Labute approximate surface area is 148 Å². The molecule has 0 amide bonds. The molecule has 1 N–H and O–H groups in total. The van der Waals surface area contributed by atoms with Crippen molar-refractivity contribution in [2.24, 2.45) is 17.8 Å². The van der Waals surface area contributed by atoms with E-state index >= 15 is 0 Å². The zero-order valence-electron chi connectivity index (χ0n) is 15.5. The van der Waals surface area contributed by atoms with Crippen LogP contribution in [0.4, 0.5) is 0 Å². The van der Waals surface area contributed by atoms with Crippen LogP contribution in [0.2, 0.25) is 0 Å². The van der Waals surface area contributed by atoms with Gasteiger partial charge in [0.2, 0.25) is 0 Å². The highest BCUT2D eigenvalue weighted by molar-refractivity contribution is 4.89. The molecule has 2 aliphatic carbocycles. The van der Waals surface area contributed by atoms with Gasteiger partial charge in [-0.2, -0.15) is 0 Å². The molecule has 3 atom stereocenters. The molecule has 2 heterocycles. The number of likely N-dealkylation sites (tertiary alicyclic amines) is 2. The first-order chi connectivity index (χ1) is 11.8. The average molecular weight is 335 g/mol. The number of aliphatic hydroxyl groups is 1. The Kier molecular flexibility index (Phi) is 5.81. The molecule has 4 fully saturated rings. The van der Waals surface area contributed by atoms with E-state index < -0.39 is 0 Å². The molecule has 4 aliphatic rings. The first-order valence-corrected chi connectivity index (χ1v) is 10.9. The highest BCUT2D eigenvalue weighted by atomic mass is 16.3. The molecule has 4 rings (SSSR count). The lowest BCUT2D eigenvalue weighted by atomic mass is 9.69. The minimum atomic E-state index is -0.0296. The van der Waals surface area contributed by atoms with Crippen molar-refractivity contribution in [3.05, 3.63) is 0 Å². The molecular formula is C21H38N2O. The molecule has 24 heavy (non-hydrogen) atoms. The van der Waals surface area contributed by atoms with Crippen LogP contribution < -0.4 is 0 Å². The van der Waals surface area contributed by atoms with Crippen LogP contribution >= 0.6 is 0 Å². The second kappa shape index (κ2) is 8.05. The highest BCUT2D eigenvalue weighted by Gasteiger charge is 2.35. The third-order valence-electron chi connectivity index (χ3n) is 7.75. The first-order valence-electron chi connectivity index (χ1n) is 10.9. The number of hydrogen-bond acceptors (Lipinski definition) is 3. The van der Waals surface area contributed by atoms with Crippen molar-refractivity contribution in [3.8, 4) is 0 Å². The topological polar surface area (TPSA) is 26.7 Å². The lowest BCUT2D eigenvalue weighted by molar-refractivity contribution is 0.0369. The van der Waals surface area contributed by atoms with Crippen LogP contribution in [-0.4, -0.2) is 59.8 Å². The molecule has 0 aromatic heterocycles. The van der Waals surface area contributed by atoms with Crippen molar-refractivity contribution in [2.75, 3.05) is 32.7 Å². The summed E-state index contributed by atoms with van der Waals surface area (Å²) in [7, 11) is 0. The fourth-order valence-electron chi connectivity index (χ4n) is 6.15. The minimum absolute atomic E-state index is 0.0296. The number of fused-ring (bicyclic) bond motifs is 1. The first kappa shape index (κ1) is 17.3. The Morgan fingerprint density at radius 2 is 1.42 bits per heavy atom. The Hall–Kier alpha value is -0.120. The molecule has 2 saturated heterocycles. The van der Waals surface area contributed by atoms with Crippen molar-refractivity contribution in [1.82, 2.24) is 9.80 Å². The maximum absolute atomic E-state index is 9.66. The summed E-state index contributed by atoms with van der Waals surface area (Å²) in [6.07, 6.45) is 15.3. The van der Waals surface area contributed by atoms with Crippen LogP contribution in [0.5, 0.6) is 0 Å². The van der Waals surface area contributed by atoms with E-state index in [2.05, 4.69) is 9.80 Å². The van der Waals surface area contributed by atoms with Crippen LogP contribution in [0.25, 0.3) is 0 Å². The minimum Gasteiger partial charge on any atom is -0.393 e.